The van der Waals surface area contributed by atoms with E-state index in [0.717, 1.165) is 15.8 Å². The van der Waals surface area contributed by atoms with E-state index in [1.54, 1.807) is 6.20 Å². The molecule has 3 heterocycles. The molecule has 0 unspecified atom stereocenters. The van der Waals surface area contributed by atoms with E-state index in [1.807, 2.05) is 30.3 Å². The minimum atomic E-state index is -2.83. The summed E-state index contributed by atoms with van der Waals surface area (Å²) in [7, 11) is 1.50. The van der Waals surface area contributed by atoms with Gasteiger partial charge >= 0.3 is 6.03 Å². The highest BCUT2D eigenvalue weighted by atomic mass is 32.1. The van der Waals surface area contributed by atoms with Crippen LogP contribution in [-0.2, 0) is 0 Å². The van der Waals surface area contributed by atoms with Crippen molar-refractivity contribution in [2.75, 3.05) is 25.5 Å². The van der Waals surface area contributed by atoms with Crippen LogP contribution < -0.4 is 10.1 Å². The SMILES string of the molecule is COc1ncc(-c2ccccc2)c2sc(NC(=O)N3CCC(O)(C(F)F)CC3)nc12. The number of hydrogen-bond acceptors (Lipinski definition) is 6. The van der Waals surface area contributed by atoms with Gasteiger partial charge in [-0.3, -0.25) is 5.32 Å². The van der Waals surface area contributed by atoms with Gasteiger partial charge in [0.25, 0.3) is 6.43 Å². The van der Waals surface area contributed by atoms with Gasteiger partial charge in [-0.1, -0.05) is 41.7 Å². The first kappa shape index (κ1) is 20.4. The van der Waals surface area contributed by atoms with Crippen LogP contribution >= 0.6 is 11.3 Å². The molecule has 4 rings (SSSR count). The molecule has 7 nitrogen and oxygen atoms in total. The quantitative estimate of drug-likeness (QED) is 0.648. The number of methoxy groups -OCH3 is 1. The number of nitrogens with one attached hydrogen (secondary N) is 1. The number of aliphatic hydroxyl groups is 1. The summed E-state index contributed by atoms with van der Waals surface area (Å²) < 4.78 is 32.0. The second-order valence-corrected chi connectivity index (χ2v) is 8.06. The van der Waals surface area contributed by atoms with Crippen molar-refractivity contribution < 1.29 is 23.4 Å². The lowest BCUT2D eigenvalue weighted by Crippen LogP contribution is -2.51. The van der Waals surface area contributed by atoms with Crippen molar-refractivity contribution in [1.82, 2.24) is 14.9 Å². The number of benzene rings is 1. The number of nitrogens with zero attached hydrogens (tertiary/aromatic N) is 3. The Morgan fingerprint density at radius 2 is 2.00 bits per heavy atom. The zero-order valence-electron chi connectivity index (χ0n) is 16.1. The summed E-state index contributed by atoms with van der Waals surface area (Å²) in [5.74, 6) is 0.349. The number of carbonyl (C=O) groups is 1. The van der Waals surface area contributed by atoms with Crippen LogP contribution in [0.3, 0.4) is 0 Å². The summed E-state index contributed by atoms with van der Waals surface area (Å²) in [6.07, 6.45) is -1.47. The molecular weight excluding hydrogens is 414 g/mol. The molecule has 0 radical (unpaired) electrons. The van der Waals surface area contributed by atoms with Gasteiger partial charge in [0.2, 0.25) is 5.88 Å². The maximum atomic E-state index is 13.0. The van der Waals surface area contributed by atoms with Gasteiger partial charge in [-0.15, -0.1) is 0 Å². The van der Waals surface area contributed by atoms with E-state index in [-0.39, 0.29) is 25.9 Å². The zero-order valence-corrected chi connectivity index (χ0v) is 17.0. The molecule has 2 N–H and O–H groups in total. The number of thiazole rings is 1. The van der Waals surface area contributed by atoms with Crippen LogP contribution in [0.5, 0.6) is 5.88 Å². The fourth-order valence-electron chi connectivity index (χ4n) is 3.40. The Kier molecular flexibility index (Phi) is 5.52. The molecule has 0 spiro atoms. The lowest BCUT2D eigenvalue weighted by atomic mass is 9.92. The molecule has 30 heavy (non-hydrogen) atoms. The van der Waals surface area contributed by atoms with Gasteiger partial charge in [0, 0.05) is 24.8 Å². The van der Waals surface area contributed by atoms with E-state index in [0.29, 0.717) is 16.5 Å². The van der Waals surface area contributed by atoms with Crippen molar-refractivity contribution in [3.05, 3.63) is 36.5 Å². The first-order valence-corrected chi connectivity index (χ1v) is 10.2. The smallest absolute Gasteiger partial charge is 0.323 e. The van der Waals surface area contributed by atoms with Gasteiger partial charge < -0.3 is 14.7 Å². The predicted octanol–water partition coefficient (Wildman–Crippen LogP) is 3.99. The summed E-state index contributed by atoms with van der Waals surface area (Å²) in [6, 6.07) is 9.23. The highest BCUT2D eigenvalue weighted by molar-refractivity contribution is 7.23. The Morgan fingerprint density at radius 1 is 1.30 bits per heavy atom. The minimum Gasteiger partial charge on any atom is -0.479 e. The maximum absolute atomic E-state index is 13.0. The van der Waals surface area contributed by atoms with E-state index in [1.165, 1.54) is 23.3 Å². The van der Waals surface area contributed by atoms with E-state index < -0.39 is 18.1 Å². The van der Waals surface area contributed by atoms with Crippen molar-refractivity contribution in [3.63, 3.8) is 0 Å². The molecule has 1 aliphatic heterocycles. The second kappa shape index (κ2) is 8.11. The molecule has 1 saturated heterocycles. The Morgan fingerprint density at radius 3 is 2.63 bits per heavy atom. The predicted molar refractivity (Wildman–Crippen MR) is 110 cm³/mol. The number of rotatable bonds is 4. The number of fused-ring (bicyclic) bond motifs is 1. The van der Waals surface area contributed by atoms with Crippen molar-refractivity contribution >= 4 is 32.7 Å². The first-order chi connectivity index (χ1) is 14.4. The standard InChI is InChI=1S/C20H20F2N4O3S/c1-29-16-14-15(13(11-23-16)12-5-3-2-4-6-12)30-18(24-14)25-19(27)26-9-7-20(28,8-10-26)17(21)22/h2-6,11,17,28H,7-10H2,1H3,(H,24,25,27). The Bertz CT molecular complexity index is 1050. The summed E-state index contributed by atoms with van der Waals surface area (Å²) in [4.78, 5) is 22.8. The van der Waals surface area contributed by atoms with Gasteiger partial charge in [0.1, 0.15) is 11.1 Å². The monoisotopic (exact) mass is 434 g/mol. The van der Waals surface area contributed by atoms with Crippen molar-refractivity contribution in [2.45, 2.75) is 24.9 Å². The third-order valence-electron chi connectivity index (χ3n) is 5.20. The average molecular weight is 434 g/mol. The Labute approximate surface area is 175 Å². The van der Waals surface area contributed by atoms with Crippen LogP contribution in [0.1, 0.15) is 12.8 Å². The average Bonchev–Trinajstić information content (AvgIpc) is 3.17. The number of hydrogen-bond donors (Lipinski definition) is 2. The number of amides is 2. The molecule has 1 aliphatic rings. The number of ether oxygens (including phenoxy) is 1. The minimum absolute atomic E-state index is 0.0394. The third kappa shape index (κ3) is 3.80. The normalized spacial score (nSPS) is 16.1. The Hall–Kier alpha value is -2.85. The second-order valence-electron chi connectivity index (χ2n) is 7.07. The van der Waals surface area contributed by atoms with Crippen LogP contribution in [0.4, 0.5) is 18.7 Å². The summed E-state index contributed by atoms with van der Waals surface area (Å²) >= 11 is 1.29. The molecule has 2 amide bonds. The number of alkyl halides is 2. The number of urea groups is 1. The van der Waals surface area contributed by atoms with Crippen LogP contribution in [0.15, 0.2) is 36.5 Å². The molecule has 0 aliphatic carbocycles. The maximum Gasteiger partial charge on any atom is 0.323 e. The number of likely N-dealkylation sites (tertiary alicyclic amines) is 1. The molecular formula is C20H20F2N4O3S. The van der Waals surface area contributed by atoms with E-state index in [4.69, 9.17) is 4.74 Å². The number of halogens is 2. The topological polar surface area (TPSA) is 87.6 Å². The highest BCUT2D eigenvalue weighted by Gasteiger charge is 2.41. The molecule has 0 atom stereocenters. The largest absolute Gasteiger partial charge is 0.479 e. The van der Waals surface area contributed by atoms with Crippen molar-refractivity contribution in [3.8, 4) is 17.0 Å². The molecule has 2 aromatic heterocycles. The molecule has 10 heteroatoms. The van der Waals surface area contributed by atoms with Crippen molar-refractivity contribution in [1.29, 1.82) is 0 Å². The number of pyridine rings is 1. The van der Waals surface area contributed by atoms with Crippen LogP contribution in [0.25, 0.3) is 21.3 Å². The lowest BCUT2D eigenvalue weighted by molar-refractivity contribution is -0.121. The summed E-state index contributed by atoms with van der Waals surface area (Å²) in [5.41, 5.74) is 0.326. The molecule has 1 aromatic carbocycles. The molecule has 3 aromatic rings. The van der Waals surface area contributed by atoms with E-state index in [2.05, 4.69) is 15.3 Å². The number of piperidine rings is 1. The fourth-order valence-corrected chi connectivity index (χ4v) is 4.38. The number of anilines is 1. The van der Waals surface area contributed by atoms with Gasteiger partial charge in [-0.2, -0.15) is 0 Å². The summed E-state index contributed by atoms with van der Waals surface area (Å²) in [5, 5.41) is 13.0. The van der Waals surface area contributed by atoms with Crippen LogP contribution in [0.2, 0.25) is 0 Å². The van der Waals surface area contributed by atoms with Gasteiger partial charge in [-0.05, 0) is 18.4 Å². The number of carbonyl (C=O) groups excluding carboxylic acids is 1. The lowest BCUT2D eigenvalue weighted by Gasteiger charge is -2.37. The molecule has 1 fully saturated rings. The van der Waals surface area contributed by atoms with E-state index in [9.17, 15) is 18.7 Å². The third-order valence-corrected chi connectivity index (χ3v) is 6.20. The number of aromatic nitrogens is 2. The fraction of sp³-hybridized carbons (Fsp3) is 0.350. The molecule has 158 valence electrons. The van der Waals surface area contributed by atoms with Gasteiger partial charge in [0.15, 0.2) is 5.13 Å². The highest BCUT2D eigenvalue weighted by Crippen LogP contribution is 2.38. The first-order valence-electron chi connectivity index (χ1n) is 9.37. The van der Waals surface area contributed by atoms with Gasteiger partial charge in [0.05, 0.1) is 11.8 Å². The summed E-state index contributed by atoms with van der Waals surface area (Å²) in [6.45, 7) is 0.0788. The molecule has 0 bridgehead atoms. The zero-order chi connectivity index (χ0) is 21.3. The van der Waals surface area contributed by atoms with Crippen molar-refractivity contribution in [2.24, 2.45) is 0 Å². The van der Waals surface area contributed by atoms with Gasteiger partial charge in [-0.25, -0.2) is 23.5 Å². The van der Waals surface area contributed by atoms with Crippen LogP contribution in [-0.4, -0.2) is 58.2 Å². The molecule has 0 saturated carbocycles. The Balaban J connectivity index is 1.57. The van der Waals surface area contributed by atoms with Crippen LogP contribution in [0, 0.1) is 0 Å². The van der Waals surface area contributed by atoms with E-state index >= 15 is 0 Å².